The maximum atomic E-state index is 12.0. The van der Waals surface area contributed by atoms with Gasteiger partial charge in [-0.15, -0.1) is 0 Å². The van der Waals surface area contributed by atoms with Gasteiger partial charge in [0.2, 0.25) is 5.91 Å². The lowest BCUT2D eigenvalue weighted by atomic mass is 10.2. The normalized spacial score (nSPS) is 10.6. The molecular weight excluding hydrogens is 370 g/mol. The van der Waals surface area contributed by atoms with Crippen LogP contribution in [-0.4, -0.2) is 19.1 Å². The molecule has 0 saturated carbocycles. The number of anilines is 1. The van der Waals surface area contributed by atoms with Crippen LogP contribution in [0.1, 0.15) is 19.4 Å². The Hall–Kier alpha value is -2.27. The summed E-state index contributed by atoms with van der Waals surface area (Å²) in [5, 5.41) is 2.81. The molecule has 1 N–H and O–H groups in total. The molecule has 0 aromatic heterocycles. The molecule has 126 valence electrons. The summed E-state index contributed by atoms with van der Waals surface area (Å²) in [6, 6.07) is 13.0. The number of benzene rings is 2. The molecule has 0 radical (unpaired) electrons. The fourth-order valence-corrected chi connectivity index (χ4v) is 2.32. The Morgan fingerprint density at radius 3 is 2.38 bits per heavy atom. The molecule has 0 heterocycles. The maximum absolute atomic E-state index is 12.0. The highest BCUT2D eigenvalue weighted by atomic mass is 79.9. The minimum atomic E-state index is -0.191. The zero-order chi connectivity index (χ0) is 17.4. The quantitative estimate of drug-likeness (QED) is 0.685. The standard InChI is InChI=1S/C19H20BrNO3/c1-3-23-17-11-5-14(13-18(17)24-4-2)6-12-19(22)21-16-9-7-15(20)8-10-16/h5-13H,3-4H2,1-2H3,(H,21,22)/b12-6+. The molecule has 0 atom stereocenters. The number of carbonyl (C=O) groups is 1. The summed E-state index contributed by atoms with van der Waals surface area (Å²) >= 11 is 3.36. The first-order valence-electron chi connectivity index (χ1n) is 7.76. The summed E-state index contributed by atoms with van der Waals surface area (Å²) in [6.45, 7) is 4.97. The Labute approximate surface area is 150 Å². The van der Waals surface area contributed by atoms with Crippen LogP contribution in [0.2, 0.25) is 0 Å². The fraction of sp³-hybridized carbons (Fsp3) is 0.211. The van der Waals surface area contributed by atoms with E-state index in [0.29, 0.717) is 24.7 Å². The Bertz CT molecular complexity index is 711. The van der Waals surface area contributed by atoms with Crippen LogP contribution in [-0.2, 0) is 4.79 Å². The number of hydrogen-bond donors (Lipinski definition) is 1. The summed E-state index contributed by atoms with van der Waals surface area (Å²) in [4.78, 5) is 12.0. The van der Waals surface area contributed by atoms with Gasteiger partial charge in [-0.1, -0.05) is 22.0 Å². The van der Waals surface area contributed by atoms with Crippen molar-refractivity contribution in [1.82, 2.24) is 0 Å². The number of halogens is 1. The molecule has 2 rings (SSSR count). The Kier molecular flexibility index (Phi) is 6.88. The highest BCUT2D eigenvalue weighted by Crippen LogP contribution is 2.29. The van der Waals surface area contributed by atoms with Crippen molar-refractivity contribution < 1.29 is 14.3 Å². The molecule has 24 heavy (non-hydrogen) atoms. The van der Waals surface area contributed by atoms with Crippen LogP contribution < -0.4 is 14.8 Å². The van der Waals surface area contributed by atoms with Gasteiger partial charge in [-0.2, -0.15) is 0 Å². The molecule has 1 amide bonds. The van der Waals surface area contributed by atoms with Gasteiger partial charge in [0.15, 0.2) is 11.5 Å². The van der Waals surface area contributed by atoms with Crippen molar-refractivity contribution in [2.24, 2.45) is 0 Å². The van der Waals surface area contributed by atoms with E-state index in [1.807, 2.05) is 56.3 Å². The molecule has 0 unspecified atom stereocenters. The Morgan fingerprint density at radius 2 is 1.71 bits per heavy atom. The van der Waals surface area contributed by atoms with E-state index < -0.39 is 0 Å². The highest BCUT2D eigenvalue weighted by molar-refractivity contribution is 9.10. The number of carbonyl (C=O) groups excluding carboxylic acids is 1. The molecular formula is C19H20BrNO3. The third-order valence-electron chi connectivity index (χ3n) is 3.11. The van der Waals surface area contributed by atoms with Crippen molar-refractivity contribution in [1.29, 1.82) is 0 Å². The van der Waals surface area contributed by atoms with Crippen LogP contribution in [0, 0.1) is 0 Å². The summed E-state index contributed by atoms with van der Waals surface area (Å²) in [5.74, 6) is 1.19. The van der Waals surface area contributed by atoms with E-state index >= 15 is 0 Å². The number of rotatable bonds is 7. The smallest absolute Gasteiger partial charge is 0.248 e. The van der Waals surface area contributed by atoms with Gasteiger partial charge >= 0.3 is 0 Å². The lowest BCUT2D eigenvalue weighted by Crippen LogP contribution is -2.07. The van der Waals surface area contributed by atoms with E-state index in [0.717, 1.165) is 15.7 Å². The van der Waals surface area contributed by atoms with Gasteiger partial charge in [-0.25, -0.2) is 0 Å². The summed E-state index contributed by atoms with van der Waals surface area (Å²) in [5.41, 5.74) is 1.61. The zero-order valence-electron chi connectivity index (χ0n) is 13.7. The van der Waals surface area contributed by atoms with Gasteiger partial charge in [0.25, 0.3) is 0 Å². The van der Waals surface area contributed by atoms with Crippen LogP contribution >= 0.6 is 15.9 Å². The number of amides is 1. The fourth-order valence-electron chi connectivity index (χ4n) is 2.06. The van der Waals surface area contributed by atoms with Crippen LogP contribution in [0.4, 0.5) is 5.69 Å². The topological polar surface area (TPSA) is 47.6 Å². The summed E-state index contributed by atoms with van der Waals surface area (Å²) in [7, 11) is 0. The Balaban J connectivity index is 2.05. The number of ether oxygens (including phenoxy) is 2. The maximum Gasteiger partial charge on any atom is 0.248 e. The van der Waals surface area contributed by atoms with E-state index in [2.05, 4.69) is 21.2 Å². The molecule has 0 aliphatic carbocycles. The van der Waals surface area contributed by atoms with Gasteiger partial charge in [-0.3, -0.25) is 4.79 Å². The van der Waals surface area contributed by atoms with Crippen molar-refractivity contribution in [3.8, 4) is 11.5 Å². The SMILES string of the molecule is CCOc1ccc(/C=C/C(=O)Nc2ccc(Br)cc2)cc1OCC. The zero-order valence-corrected chi connectivity index (χ0v) is 15.3. The molecule has 4 nitrogen and oxygen atoms in total. The monoisotopic (exact) mass is 389 g/mol. The molecule has 0 saturated heterocycles. The van der Waals surface area contributed by atoms with Gasteiger partial charge in [-0.05, 0) is 61.9 Å². The molecule has 0 aliphatic rings. The largest absolute Gasteiger partial charge is 0.490 e. The summed E-state index contributed by atoms with van der Waals surface area (Å²) in [6.07, 6.45) is 3.24. The van der Waals surface area contributed by atoms with Crippen molar-refractivity contribution in [3.63, 3.8) is 0 Å². The van der Waals surface area contributed by atoms with Gasteiger partial charge < -0.3 is 14.8 Å². The van der Waals surface area contributed by atoms with Crippen LogP contribution in [0.15, 0.2) is 53.0 Å². The third kappa shape index (κ3) is 5.42. The first-order chi connectivity index (χ1) is 11.6. The summed E-state index contributed by atoms with van der Waals surface area (Å²) < 4.78 is 12.1. The second kappa shape index (κ2) is 9.13. The van der Waals surface area contributed by atoms with E-state index in [4.69, 9.17) is 9.47 Å². The van der Waals surface area contributed by atoms with Crippen LogP contribution in [0.25, 0.3) is 6.08 Å². The lowest BCUT2D eigenvalue weighted by molar-refractivity contribution is -0.111. The minimum absolute atomic E-state index is 0.191. The minimum Gasteiger partial charge on any atom is -0.490 e. The first kappa shape index (κ1) is 18.1. The second-order valence-corrected chi connectivity index (χ2v) is 5.82. The molecule has 0 spiro atoms. The van der Waals surface area contributed by atoms with Crippen molar-refractivity contribution in [2.75, 3.05) is 18.5 Å². The average molecular weight is 390 g/mol. The third-order valence-corrected chi connectivity index (χ3v) is 3.64. The van der Waals surface area contributed by atoms with Gasteiger partial charge in [0, 0.05) is 16.2 Å². The molecule has 2 aromatic rings. The second-order valence-electron chi connectivity index (χ2n) is 4.90. The van der Waals surface area contributed by atoms with Gasteiger partial charge in [0.1, 0.15) is 0 Å². The number of hydrogen-bond acceptors (Lipinski definition) is 3. The van der Waals surface area contributed by atoms with E-state index in [1.165, 1.54) is 6.08 Å². The van der Waals surface area contributed by atoms with Crippen LogP contribution in [0.5, 0.6) is 11.5 Å². The van der Waals surface area contributed by atoms with Crippen molar-refractivity contribution in [3.05, 3.63) is 58.6 Å². The predicted octanol–water partition coefficient (Wildman–Crippen LogP) is 4.90. The number of nitrogens with one attached hydrogen (secondary N) is 1. The van der Waals surface area contributed by atoms with Crippen molar-refractivity contribution >= 4 is 33.6 Å². The van der Waals surface area contributed by atoms with Crippen molar-refractivity contribution in [2.45, 2.75) is 13.8 Å². The molecule has 2 aromatic carbocycles. The first-order valence-corrected chi connectivity index (χ1v) is 8.56. The van der Waals surface area contributed by atoms with E-state index in [1.54, 1.807) is 6.08 Å². The van der Waals surface area contributed by atoms with Crippen LogP contribution in [0.3, 0.4) is 0 Å². The highest BCUT2D eigenvalue weighted by Gasteiger charge is 2.05. The molecule has 0 aliphatic heterocycles. The lowest BCUT2D eigenvalue weighted by Gasteiger charge is -2.11. The molecule has 0 fully saturated rings. The van der Waals surface area contributed by atoms with Gasteiger partial charge in [0.05, 0.1) is 13.2 Å². The molecule has 5 heteroatoms. The average Bonchev–Trinajstić information content (AvgIpc) is 2.57. The predicted molar refractivity (Wildman–Crippen MR) is 101 cm³/mol. The van der Waals surface area contributed by atoms with E-state index in [-0.39, 0.29) is 5.91 Å². The Morgan fingerprint density at radius 1 is 1.04 bits per heavy atom. The molecule has 0 bridgehead atoms. The van der Waals surface area contributed by atoms with E-state index in [9.17, 15) is 4.79 Å².